The number of hydrogen-bond donors (Lipinski definition) is 2. The van der Waals surface area contributed by atoms with Gasteiger partial charge in [-0.2, -0.15) is 0 Å². The SMILES string of the molecule is CN=C(NCc1cc(OC)ccc1O)N1CCN(Cc2ccc(Cl)cc2)C(=O)C1. The van der Waals surface area contributed by atoms with Crippen LogP contribution in [0.2, 0.25) is 5.02 Å². The van der Waals surface area contributed by atoms with Crippen molar-refractivity contribution < 1.29 is 14.6 Å². The zero-order valence-electron chi connectivity index (χ0n) is 16.6. The minimum absolute atomic E-state index is 0.0402. The van der Waals surface area contributed by atoms with Crippen molar-refractivity contribution in [1.82, 2.24) is 15.1 Å². The second-order valence-electron chi connectivity index (χ2n) is 6.76. The number of amides is 1. The van der Waals surface area contributed by atoms with Crippen LogP contribution in [-0.2, 0) is 17.9 Å². The molecule has 0 saturated carbocycles. The maximum absolute atomic E-state index is 12.6. The molecule has 154 valence electrons. The zero-order valence-corrected chi connectivity index (χ0v) is 17.3. The molecule has 2 N–H and O–H groups in total. The minimum atomic E-state index is 0.0402. The maximum atomic E-state index is 12.6. The molecule has 1 fully saturated rings. The molecule has 0 bridgehead atoms. The molecule has 1 aliphatic rings. The number of aliphatic imine (C=N–C) groups is 1. The van der Waals surface area contributed by atoms with Gasteiger partial charge in [0.25, 0.3) is 0 Å². The number of hydrogen-bond acceptors (Lipinski definition) is 4. The number of halogens is 1. The number of phenols is 1. The molecule has 1 aliphatic heterocycles. The number of piperazine rings is 1. The summed E-state index contributed by atoms with van der Waals surface area (Å²) >= 11 is 5.92. The van der Waals surface area contributed by atoms with Gasteiger partial charge in [-0.1, -0.05) is 23.7 Å². The lowest BCUT2D eigenvalue weighted by atomic mass is 10.2. The fourth-order valence-corrected chi connectivity index (χ4v) is 3.33. The van der Waals surface area contributed by atoms with Crippen molar-refractivity contribution in [2.24, 2.45) is 4.99 Å². The largest absolute Gasteiger partial charge is 0.508 e. The highest BCUT2D eigenvalue weighted by atomic mass is 35.5. The third kappa shape index (κ3) is 5.32. The van der Waals surface area contributed by atoms with Gasteiger partial charge in [0.15, 0.2) is 5.96 Å². The fourth-order valence-electron chi connectivity index (χ4n) is 3.20. The number of aromatic hydroxyl groups is 1. The number of rotatable bonds is 5. The number of benzene rings is 2. The monoisotopic (exact) mass is 416 g/mol. The van der Waals surface area contributed by atoms with Gasteiger partial charge in [0.2, 0.25) is 5.91 Å². The van der Waals surface area contributed by atoms with Crippen molar-refractivity contribution in [2.45, 2.75) is 13.1 Å². The van der Waals surface area contributed by atoms with Crippen molar-refractivity contribution in [3.8, 4) is 11.5 Å². The molecule has 2 aromatic rings. The normalized spacial score (nSPS) is 14.9. The van der Waals surface area contributed by atoms with E-state index in [1.807, 2.05) is 34.1 Å². The van der Waals surface area contributed by atoms with Gasteiger partial charge in [0.05, 0.1) is 13.7 Å². The van der Waals surface area contributed by atoms with Crippen LogP contribution in [0.3, 0.4) is 0 Å². The fraction of sp³-hybridized carbons (Fsp3) is 0.333. The zero-order chi connectivity index (χ0) is 20.8. The van der Waals surface area contributed by atoms with Gasteiger partial charge in [0, 0.05) is 43.8 Å². The summed E-state index contributed by atoms with van der Waals surface area (Å²) < 4.78 is 5.20. The third-order valence-corrected chi connectivity index (χ3v) is 5.09. The minimum Gasteiger partial charge on any atom is -0.508 e. The van der Waals surface area contributed by atoms with Crippen LogP contribution in [0.25, 0.3) is 0 Å². The average Bonchev–Trinajstić information content (AvgIpc) is 2.73. The molecular formula is C21H25ClN4O3. The lowest BCUT2D eigenvalue weighted by molar-refractivity contribution is -0.135. The molecule has 1 heterocycles. The number of phenolic OH excluding ortho intramolecular Hbond substituents is 1. The van der Waals surface area contributed by atoms with Crippen molar-refractivity contribution in [1.29, 1.82) is 0 Å². The van der Waals surface area contributed by atoms with Gasteiger partial charge >= 0.3 is 0 Å². The van der Waals surface area contributed by atoms with Crippen LogP contribution in [0.15, 0.2) is 47.5 Å². The van der Waals surface area contributed by atoms with Crippen LogP contribution in [0.4, 0.5) is 0 Å². The first-order valence-electron chi connectivity index (χ1n) is 9.34. The molecule has 7 nitrogen and oxygen atoms in total. The van der Waals surface area contributed by atoms with E-state index < -0.39 is 0 Å². The molecule has 0 atom stereocenters. The quantitative estimate of drug-likeness (QED) is 0.578. The van der Waals surface area contributed by atoms with Crippen LogP contribution in [0, 0.1) is 0 Å². The van der Waals surface area contributed by atoms with E-state index in [4.69, 9.17) is 16.3 Å². The molecule has 0 aromatic heterocycles. The number of carbonyl (C=O) groups excluding carboxylic acids is 1. The van der Waals surface area contributed by atoms with Gasteiger partial charge in [-0.05, 0) is 35.9 Å². The van der Waals surface area contributed by atoms with Crippen LogP contribution in [0.5, 0.6) is 11.5 Å². The molecule has 2 aromatic carbocycles. The van der Waals surface area contributed by atoms with Gasteiger partial charge in [-0.15, -0.1) is 0 Å². The second kappa shape index (κ2) is 9.52. The Morgan fingerprint density at radius 1 is 1.24 bits per heavy atom. The summed E-state index contributed by atoms with van der Waals surface area (Å²) in [6, 6.07) is 12.6. The Balaban J connectivity index is 1.58. The Labute approximate surface area is 175 Å². The van der Waals surface area contributed by atoms with E-state index in [0.29, 0.717) is 48.5 Å². The van der Waals surface area contributed by atoms with Gasteiger partial charge < -0.3 is 25.0 Å². The van der Waals surface area contributed by atoms with Gasteiger partial charge in [-0.3, -0.25) is 9.79 Å². The highest BCUT2D eigenvalue weighted by molar-refractivity contribution is 6.30. The number of ether oxygens (including phenoxy) is 1. The Bertz CT molecular complexity index is 886. The van der Waals surface area contributed by atoms with Gasteiger partial charge in [-0.25, -0.2) is 0 Å². The Morgan fingerprint density at radius 3 is 2.66 bits per heavy atom. The molecule has 29 heavy (non-hydrogen) atoms. The van der Waals surface area contributed by atoms with Crippen molar-refractivity contribution in [2.75, 3.05) is 33.8 Å². The third-order valence-electron chi connectivity index (χ3n) is 4.84. The summed E-state index contributed by atoms with van der Waals surface area (Å²) in [5.74, 6) is 1.50. The molecular weight excluding hydrogens is 392 g/mol. The van der Waals surface area contributed by atoms with Crippen LogP contribution in [0.1, 0.15) is 11.1 Å². The number of guanidine groups is 1. The first kappa shape index (κ1) is 20.8. The molecule has 8 heteroatoms. The smallest absolute Gasteiger partial charge is 0.242 e. The first-order chi connectivity index (χ1) is 14.0. The number of nitrogens with one attached hydrogen (secondary N) is 1. The summed E-state index contributed by atoms with van der Waals surface area (Å²) in [6.45, 7) is 2.45. The number of nitrogens with zero attached hydrogens (tertiary/aromatic N) is 3. The van der Waals surface area contributed by atoms with Gasteiger partial charge in [0.1, 0.15) is 11.5 Å². The lowest BCUT2D eigenvalue weighted by Gasteiger charge is -2.36. The topological polar surface area (TPSA) is 77.4 Å². The number of methoxy groups -OCH3 is 1. The Kier molecular flexibility index (Phi) is 6.82. The van der Waals surface area contributed by atoms with Crippen molar-refractivity contribution in [3.05, 3.63) is 58.6 Å². The van der Waals surface area contributed by atoms with E-state index >= 15 is 0 Å². The maximum Gasteiger partial charge on any atom is 0.242 e. The summed E-state index contributed by atoms with van der Waals surface area (Å²) in [4.78, 5) is 20.7. The molecule has 0 unspecified atom stereocenters. The van der Waals surface area contributed by atoms with Crippen molar-refractivity contribution >= 4 is 23.5 Å². The average molecular weight is 417 g/mol. The highest BCUT2D eigenvalue weighted by Crippen LogP contribution is 2.22. The molecule has 0 aliphatic carbocycles. The van der Waals surface area contributed by atoms with Crippen LogP contribution < -0.4 is 10.1 Å². The highest BCUT2D eigenvalue weighted by Gasteiger charge is 2.26. The van der Waals surface area contributed by atoms with Crippen molar-refractivity contribution in [3.63, 3.8) is 0 Å². The first-order valence-corrected chi connectivity index (χ1v) is 9.71. The lowest BCUT2D eigenvalue weighted by Crippen LogP contribution is -2.54. The summed E-state index contributed by atoms with van der Waals surface area (Å²) in [6.07, 6.45) is 0. The van der Waals surface area contributed by atoms with Crippen LogP contribution >= 0.6 is 11.6 Å². The molecule has 0 radical (unpaired) electrons. The standard InChI is InChI=1S/C21H25ClN4O3/c1-23-21(24-12-16-11-18(29-2)7-8-19(16)27)26-10-9-25(20(28)14-26)13-15-3-5-17(22)6-4-15/h3-8,11,27H,9-10,12-14H2,1-2H3,(H,23,24). The summed E-state index contributed by atoms with van der Waals surface area (Å²) in [5, 5.41) is 13.9. The second-order valence-corrected chi connectivity index (χ2v) is 7.20. The molecule has 1 amide bonds. The van der Waals surface area contributed by atoms with E-state index in [9.17, 15) is 9.90 Å². The summed E-state index contributed by atoms with van der Waals surface area (Å²) in [5.41, 5.74) is 1.74. The van der Waals surface area contributed by atoms with E-state index in [0.717, 1.165) is 5.56 Å². The van der Waals surface area contributed by atoms with E-state index in [-0.39, 0.29) is 18.2 Å². The Hall–Kier alpha value is -2.93. The predicted molar refractivity (Wildman–Crippen MR) is 113 cm³/mol. The number of carbonyl (C=O) groups is 1. The molecule has 0 spiro atoms. The Morgan fingerprint density at radius 2 is 2.00 bits per heavy atom. The summed E-state index contributed by atoms with van der Waals surface area (Å²) in [7, 11) is 3.26. The van der Waals surface area contributed by atoms with E-state index in [2.05, 4.69) is 10.3 Å². The van der Waals surface area contributed by atoms with E-state index in [1.165, 1.54) is 0 Å². The van der Waals surface area contributed by atoms with E-state index in [1.54, 1.807) is 32.4 Å². The molecule has 1 saturated heterocycles. The predicted octanol–water partition coefficient (Wildman–Crippen LogP) is 2.47. The molecule has 3 rings (SSSR count). The van der Waals surface area contributed by atoms with Crippen LogP contribution in [-0.4, -0.2) is 60.6 Å².